The fourth-order valence-corrected chi connectivity index (χ4v) is 5.11. The van der Waals surface area contributed by atoms with Gasteiger partial charge in [-0.3, -0.25) is 4.79 Å². The molecule has 3 N–H and O–H groups in total. The van der Waals surface area contributed by atoms with Crippen molar-refractivity contribution in [1.29, 1.82) is 0 Å². The molecule has 0 fully saturated rings. The molecule has 7 nitrogen and oxygen atoms in total. The molecule has 202 valence electrons. The van der Waals surface area contributed by atoms with E-state index >= 15 is 0 Å². The van der Waals surface area contributed by atoms with Crippen molar-refractivity contribution in [3.8, 4) is 28.1 Å². The van der Waals surface area contributed by atoms with Crippen LogP contribution in [0.1, 0.15) is 21.5 Å². The van der Waals surface area contributed by atoms with Gasteiger partial charge < -0.3 is 15.7 Å². The maximum absolute atomic E-state index is 13.1. The van der Waals surface area contributed by atoms with Gasteiger partial charge in [-0.05, 0) is 56.4 Å². The van der Waals surface area contributed by atoms with Crippen LogP contribution in [0, 0.1) is 0 Å². The van der Waals surface area contributed by atoms with Crippen LogP contribution < -0.4 is 10.6 Å². The number of carbonyl (C=O) groups is 1. The number of carbonyl (C=O) groups excluding carboxylic acids is 1. The summed E-state index contributed by atoms with van der Waals surface area (Å²) in [5.74, 6) is 0.773. The van der Waals surface area contributed by atoms with Crippen LogP contribution >= 0.6 is 15.9 Å². The number of hydrogen-bond acceptors (Lipinski definition) is 5. The molecule has 1 amide bonds. The highest BCUT2D eigenvalue weighted by molar-refractivity contribution is 9.10. The number of nitrogens with one attached hydrogen (secondary N) is 2. The topological polar surface area (TPSA) is 91.5 Å². The van der Waals surface area contributed by atoms with Crippen molar-refractivity contribution in [2.75, 3.05) is 5.32 Å². The van der Waals surface area contributed by atoms with E-state index in [4.69, 9.17) is 4.98 Å². The van der Waals surface area contributed by atoms with Gasteiger partial charge in [-0.2, -0.15) is 9.61 Å². The quantitative estimate of drug-likeness (QED) is 0.173. The van der Waals surface area contributed by atoms with Gasteiger partial charge in [0.2, 0.25) is 0 Å². The Morgan fingerprint density at radius 2 is 1.51 bits per heavy atom. The summed E-state index contributed by atoms with van der Waals surface area (Å²) < 4.78 is 2.48. The number of aromatic nitrogens is 3. The average Bonchev–Trinajstić information content (AvgIpc) is 3.40. The predicted octanol–water partition coefficient (Wildman–Crippen LogP) is 7.07. The van der Waals surface area contributed by atoms with Gasteiger partial charge in [-0.25, -0.2) is 4.98 Å². The molecule has 0 saturated carbocycles. The second-order valence-corrected chi connectivity index (χ2v) is 10.4. The number of hydrogen-bond donors (Lipinski definition) is 3. The molecule has 0 aliphatic rings. The Bertz CT molecular complexity index is 1850. The lowest BCUT2D eigenvalue weighted by Gasteiger charge is -2.13. The van der Waals surface area contributed by atoms with Gasteiger partial charge in [0.1, 0.15) is 11.6 Å². The number of para-hydroxylation sites is 1. The SMILES string of the molecule is O=C(NCc1cccc(CNc2cc(-c3ccccc3O)nc3c(Br)cnn23)c1)c1ccccc1-c1ccccc1. The Hall–Kier alpha value is -4.95. The summed E-state index contributed by atoms with van der Waals surface area (Å²) in [4.78, 5) is 17.8. The number of fused-ring (bicyclic) bond motifs is 1. The molecule has 6 aromatic rings. The first-order valence-electron chi connectivity index (χ1n) is 13.1. The Labute approximate surface area is 245 Å². The molecule has 41 heavy (non-hydrogen) atoms. The molecule has 0 aliphatic heterocycles. The van der Waals surface area contributed by atoms with Crippen molar-refractivity contribution in [3.63, 3.8) is 0 Å². The zero-order valence-corrected chi connectivity index (χ0v) is 23.5. The van der Waals surface area contributed by atoms with Crippen molar-refractivity contribution in [2.45, 2.75) is 13.1 Å². The fourth-order valence-electron chi connectivity index (χ4n) is 4.76. The lowest BCUT2D eigenvalue weighted by molar-refractivity contribution is 0.0951. The van der Waals surface area contributed by atoms with Crippen molar-refractivity contribution in [2.24, 2.45) is 0 Å². The minimum absolute atomic E-state index is 0.117. The third-order valence-electron chi connectivity index (χ3n) is 6.78. The van der Waals surface area contributed by atoms with Gasteiger partial charge in [0.15, 0.2) is 5.65 Å². The van der Waals surface area contributed by atoms with E-state index in [1.807, 2.05) is 91.0 Å². The number of anilines is 1. The number of rotatable bonds is 8. The molecular weight excluding hydrogens is 578 g/mol. The van der Waals surface area contributed by atoms with E-state index in [9.17, 15) is 9.90 Å². The average molecular weight is 605 g/mol. The van der Waals surface area contributed by atoms with Gasteiger partial charge >= 0.3 is 0 Å². The third kappa shape index (κ3) is 5.69. The summed E-state index contributed by atoms with van der Waals surface area (Å²) in [6.07, 6.45) is 1.70. The maximum atomic E-state index is 13.1. The van der Waals surface area contributed by atoms with Crippen molar-refractivity contribution in [1.82, 2.24) is 19.9 Å². The maximum Gasteiger partial charge on any atom is 0.252 e. The Kier molecular flexibility index (Phi) is 7.47. The number of phenols is 1. The summed E-state index contributed by atoms with van der Waals surface area (Å²) in [6, 6.07) is 34.6. The highest BCUT2D eigenvalue weighted by atomic mass is 79.9. The smallest absolute Gasteiger partial charge is 0.252 e. The fraction of sp³-hybridized carbons (Fsp3) is 0.0606. The summed E-state index contributed by atoms with van der Waals surface area (Å²) in [6.45, 7) is 0.925. The van der Waals surface area contributed by atoms with Crippen LogP contribution in [0.5, 0.6) is 5.75 Å². The standard InChI is InChI=1S/C33H26BrN5O2/c34-28-21-37-39-31(18-29(38-32(28)39)27-15-6-7-16-30(27)40)35-19-22-9-8-10-23(17-22)20-36-33(41)26-14-5-4-13-25(26)24-11-2-1-3-12-24/h1-18,21,35,40H,19-20H2,(H,36,41). The van der Waals surface area contributed by atoms with Crippen LogP contribution in [0.3, 0.4) is 0 Å². The number of halogens is 1. The van der Waals surface area contributed by atoms with Gasteiger partial charge in [0.25, 0.3) is 5.91 Å². The first kappa shape index (κ1) is 26.3. The zero-order valence-electron chi connectivity index (χ0n) is 22.0. The molecule has 0 atom stereocenters. The molecule has 2 heterocycles. The first-order chi connectivity index (χ1) is 20.1. The van der Waals surface area contributed by atoms with E-state index < -0.39 is 0 Å². The Morgan fingerprint density at radius 1 is 0.805 bits per heavy atom. The molecule has 0 unspecified atom stereocenters. The van der Waals surface area contributed by atoms with Gasteiger partial charge in [-0.1, -0.05) is 84.9 Å². The summed E-state index contributed by atoms with van der Waals surface area (Å²) in [5, 5.41) is 21.4. The van der Waals surface area contributed by atoms with Crippen LogP contribution in [-0.4, -0.2) is 25.6 Å². The minimum Gasteiger partial charge on any atom is -0.507 e. The van der Waals surface area contributed by atoms with Crippen LogP contribution in [0.2, 0.25) is 0 Å². The lowest BCUT2D eigenvalue weighted by Crippen LogP contribution is -2.23. The van der Waals surface area contributed by atoms with Gasteiger partial charge in [0, 0.05) is 30.3 Å². The monoisotopic (exact) mass is 603 g/mol. The van der Waals surface area contributed by atoms with Crippen LogP contribution in [0.15, 0.2) is 120 Å². The molecular formula is C33H26BrN5O2. The second kappa shape index (κ2) is 11.7. The number of benzene rings is 4. The molecule has 0 saturated heterocycles. The van der Waals surface area contributed by atoms with E-state index in [0.717, 1.165) is 32.5 Å². The molecule has 0 spiro atoms. The molecule has 0 radical (unpaired) electrons. The number of aromatic hydroxyl groups is 1. The molecule has 0 bridgehead atoms. The van der Waals surface area contributed by atoms with Crippen molar-refractivity contribution >= 4 is 33.3 Å². The molecule has 8 heteroatoms. The minimum atomic E-state index is -0.117. The highest BCUT2D eigenvalue weighted by Gasteiger charge is 2.14. The predicted molar refractivity (Wildman–Crippen MR) is 165 cm³/mol. The first-order valence-corrected chi connectivity index (χ1v) is 13.9. The normalized spacial score (nSPS) is 11.0. The second-order valence-electron chi connectivity index (χ2n) is 9.54. The van der Waals surface area contributed by atoms with E-state index in [1.54, 1.807) is 22.8 Å². The zero-order chi connectivity index (χ0) is 28.2. The van der Waals surface area contributed by atoms with Crippen molar-refractivity contribution < 1.29 is 9.90 Å². The van der Waals surface area contributed by atoms with E-state index in [-0.39, 0.29) is 11.7 Å². The van der Waals surface area contributed by atoms with E-state index in [0.29, 0.717) is 35.6 Å². The summed E-state index contributed by atoms with van der Waals surface area (Å²) in [7, 11) is 0. The summed E-state index contributed by atoms with van der Waals surface area (Å²) in [5.41, 5.74) is 6.49. The Balaban J connectivity index is 1.18. The largest absolute Gasteiger partial charge is 0.507 e. The molecule has 4 aromatic carbocycles. The van der Waals surface area contributed by atoms with Crippen LogP contribution in [0.25, 0.3) is 28.0 Å². The summed E-state index contributed by atoms with van der Waals surface area (Å²) >= 11 is 3.52. The Morgan fingerprint density at radius 3 is 2.32 bits per heavy atom. The van der Waals surface area contributed by atoms with Crippen LogP contribution in [-0.2, 0) is 13.1 Å². The number of amides is 1. The number of nitrogens with zero attached hydrogens (tertiary/aromatic N) is 3. The third-order valence-corrected chi connectivity index (χ3v) is 7.34. The highest BCUT2D eigenvalue weighted by Crippen LogP contribution is 2.31. The molecule has 6 rings (SSSR count). The van der Waals surface area contributed by atoms with Gasteiger partial charge in [0.05, 0.1) is 16.4 Å². The molecule has 0 aliphatic carbocycles. The number of phenolic OH excluding ortho intramolecular Hbond substituents is 1. The van der Waals surface area contributed by atoms with Crippen molar-refractivity contribution in [3.05, 3.63) is 137 Å². The van der Waals surface area contributed by atoms with E-state index in [1.165, 1.54) is 0 Å². The van der Waals surface area contributed by atoms with Crippen LogP contribution in [0.4, 0.5) is 5.82 Å². The van der Waals surface area contributed by atoms with Gasteiger partial charge in [-0.15, -0.1) is 0 Å². The lowest BCUT2D eigenvalue weighted by atomic mass is 9.99. The molecule has 2 aromatic heterocycles. The van der Waals surface area contributed by atoms with E-state index in [2.05, 4.69) is 37.7 Å².